The molecule has 8 nitrogen and oxygen atoms in total. The average Bonchev–Trinajstić information content (AvgIpc) is 2.92. The van der Waals surface area contributed by atoms with Crippen molar-refractivity contribution in [3.8, 4) is 11.5 Å². The molecule has 1 fully saturated rings. The zero-order valence-corrected chi connectivity index (χ0v) is 22.4. The minimum Gasteiger partial charge on any atom is -0.497 e. The summed E-state index contributed by atoms with van der Waals surface area (Å²) < 4.78 is 21.8. The van der Waals surface area contributed by atoms with E-state index in [1.54, 1.807) is 53.2 Å². The topological polar surface area (TPSA) is 100 Å². The van der Waals surface area contributed by atoms with E-state index in [1.807, 2.05) is 30.3 Å². The molecule has 2 aliphatic rings. The number of methoxy groups -OCH3 is 2. The third-order valence-corrected chi connectivity index (χ3v) is 7.18. The zero-order valence-electron chi connectivity index (χ0n) is 22.4. The number of aliphatic imine (C=N–C) groups is 1. The van der Waals surface area contributed by atoms with Gasteiger partial charge in [-0.3, -0.25) is 14.6 Å². The highest BCUT2D eigenvalue weighted by atomic mass is 16.5. The summed E-state index contributed by atoms with van der Waals surface area (Å²) in [5.74, 6) is -3.46. The Kier molecular flexibility index (Phi) is 8.29. The number of hydrogen-bond acceptors (Lipinski definition) is 8. The van der Waals surface area contributed by atoms with Crippen molar-refractivity contribution in [2.24, 2.45) is 16.8 Å². The number of benzene rings is 2. The number of carbonyl (C=O) groups excluding carboxylic acids is 3. The summed E-state index contributed by atoms with van der Waals surface area (Å²) >= 11 is 0. The molecule has 38 heavy (non-hydrogen) atoms. The monoisotopic (exact) mass is 519 g/mol. The van der Waals surface area contributed by atoms with Gasteiger partial charge in [0.15, 0.2) is 5.78 Å². The van der Waals surface area contributed by atoms with Crippen LogP contribution in [0.1, 0.15) is 50.2 Å². The summed E-state index contributed by atoms with van der Waals surface area (Å²) in [6.07, 6.45) is 0.328. The third kappa shape index (κ3) is 4.95. The standard InChI is InChI=1S/C30H33NO7/c1-6-37-29(33)24-17(3)31-22-16-21(20-13-8-9-14-23(20)36-5)26(30(34)38-7-2)28(32)27(22)25(24)18-11-10-12-19(15-18)35-4/h8-15,21,25-27H,6-7,16H2,1-5H3/t21-,25+,26-,27?/m0/s1. The number of ether oxygens (including phenoxy) is 4. The van der Waals surface area contributed by atoms with Crippen LogP contribution in [0.2, 0.25) is 0 Å². The number of hydrogen-bond donors (Lipinski definition) is 0. The fraction of sp³-hybridized carbons (Fsp3) is 0.400. The highest BCUT2D eigenvalue weighted by Gasteiger charge is 2.53. The van der Waals surface area contributed by atoms with Gasteiger partial charge < -0.3 is 18.9 Å². The Bertz CT molecular complexity index is 1300. The Labute approximate surface area is 222 Å². The molecule has 0 radical (unpaired) electrons. The molecular formula is C30H33NO7. The van der Waals surface area contributed by atoms with E-state index in [-0.39, 0.29) is 19.0 Å². The number of allylic oxidation sites excluding steroid dienone is 1. The summed E-state index contributed by atoms with van der Waals surface area (Å²) in [5, 5.41) is 0. The molecule has 4 rings (SSSR count). The number of rotatable bonds is 8. The summed E-state index contributed by atoms with van der Waals surface area (Å²) in [5.41, 5.74) is 2.85. The molecule has 1 aliphatic heterocycles. The lowest BCUT2D eigenvalue weighted by Gasteiger charge is -2.41. The molecule has 0 bridgehead atoms. The van der Waals surface area contributed by atoms with E-state index in [9.17, 15) is 14.4 Å². The lowest BCUT2D eigenvalue weighted by atomic mass is 9.62. The number of esters is 2. The second-order valence-electron chi connectivity index (χ2n) is 9.24. The minimum absolute atomic E-state index is 0.138. The average molecular weight is 520 g/mol. The van der Waals surface area contributed by atoms with Crippen molar-refractivity contribution < 1.29 is 33.3 Å². The van der Waals surface area contributed by atoms with Gasteiger partial charge >= 0.3 is 11.9 Å². The Morgan fingerprint density at radius 2 is 1.68 bits per heavy atom. The molecule has 2 aromatic rings. The van der Waals surface area contributed by atoms with Gasteiger partial charge in [-0.25, -0.2) is 4.79 Å². The van der Waals surface area contributed by atoms with Gasteiger partial charge in [0.2, 0.25) is 0 Å². The van der Waals surface area contributed by atoms with Crippen molar-refractivity contribution in [1.82, 2.24) is 0 Å². The number of fused-ring (bicyclic) bond motifs is 1. The SMILES string of the molecule is CCOC(=O)C1=C(C)N=C2C[C@@H](c3ccccc3OC)[C@H](C(=O)OCC)C(=O)C2[C@@H]1c1cccc(OC)c1. The van der Waals surface area contributed by atoms with Gasteiger partial charge in [0.25, 0.3) is 0 Å². The van der Waals surface area contributed by atoms with Gasteiger partial charge in [-0.1, -0.05) is 30.3 Å². The van der Waals surface area contributed by atoms with Crippen LogP contribution in [0, 0.1) is 11.8 Å². The second-order valence-corrected chi connectivity index (χ2v) is 9.24. The molecule has 0 amide bonds. The van der Waals surface area contributed by atoms with Crippen LogP contribution >= 0.6 is 0 Å². The highest BCUT2D eigenvalue weighted by molar-refractivity contribution is 6.18. The molecule has 2 aromatic carbocycles. The molecule has 4 atom stereocenters. The van der Waals surface area contributed by atoms with Gasteiger partial charge in [-0.2, -0.15) is 0 Å². The van der Waals surface area contributed by atoms with Crippen LogP contribution < -0.4 is 9.47 Å². The molecule has 1 aliphatic carbocycles. The number of carbonyl (C=O) groups is 3. The lowest BCUT2D eigenvalue weighted by Crippen LogP contribution is -2.48. The Hall–Kier alpha value is -3.94. The van der Waals surface area contributed by atoms with Crippen LogP contribution in [-0.2, 0) is 23.9 Å². The first-order chi connectivity index (χ1) is 18.4. The van der Waals surface area contributed by atoms with E-state index in [1.165, 1.54) is 0 Å². The van der Waals surface area contributed by atoms with Gasteiger partial charge in [0.05, 0.1) is 38.9 Å². The van der Waals surface area contributed by atoms with Gasteiger partial charge in [0.1, 0.15) is 17.4 Å². The van der Waals surface area contributed by atoms with Crippen LogP contribution in [0.15, 0.2) is 64.8 Å². The Morgan fingerprint density at radius 1 is 0.947 bits per heavy atom. The molecule has 200 valence electrons. The van der Waals surface area contributed by atoms with Crippen molar-refractivity contribution >= 4 is 23.4 Å². The molecule has 1 unspecified atom stereocenters. The number of ketones is 1. The molecule has 0 saturated heterocycles. The molecule has 8 heteroatoms. The lowest BCUT2D eigenvalue weighted by molar-refractivity contribution is -0.153. The van der Waals surface area contributed by atoms with Crippen LogP contribution in [0.5, 0.6) is 11.5 Å². The Morgan fingerprint density at radius 3 is 2.37 bits per heavy atom. The molecule has 0 aromatic heterocycles. The molecule has 0 spiro atoms. The second kappa shape index (κ2) is 11.6. The van der Waals surface area contributed by atoms with Crippen molar-refractivity contribution in [3.05, 3.63) is 70.9 Å². The number of para-hydroxylation sites is 1. The van der Waals surface area contributed by atoms with Crippen LogP contribution in [-0.4, -0.2) is 50.9 Å². The maximum atomic E-state index is 14.4. The van der Waals surface area contributed by atoms with E-state index in [0.717, 1.165) is 5.56 Å². The normalized spacial score (nSPS) is 22.8. The van der Waals surface area contributed by atoms with E-state index < -0.39 is 35.6 Å². The van der Waals surface area contributed by atoms with Crippen LogP contribution in [0.4, 0.5) is 0 Å². The summed E-state index contributed by atoms with van der Waals surface area (Å²) in [6, 6.07) is 14.6. The van der Waals surface area contributed by atoms with Crippen molar-refractivity contribution in [1.29, 1.82) is 0 Å². The summed E-state index contributed by atoms with van der Waals surface area (Å²) in [7, 11) is 3.11. The van der Waals surface area contributed by atoms with Crippen molar-refractivity contribution in [3.63, 3.8) is 0 Å². The number of Topliss-reactive ketones (excluding diaryl/α,β-unsaturated/α-hetero) is 1. The maximum Gasteiger partial charge on any atom is 0.336 e. The van der Waals surface area contributed by atoms with Gasteiger partial charge in [0, 0.05) is 23.2 Å². The van der Waals surface area contributed by atoms with E-state index >= 15 is 0 Å². The van der Waals surface area contributed by atoms with Crippen molar-refractivity contribution in [2.45, 2.75) is 39.0 Å². The van der Waals surface area contributed by atoms with Gasteiger partial charge in [-0.15, -0.1) is 0 Å². The first-order valence-corrected chi connectivity index (χ1v) is 12.8. The summed E-state index contributed by atoms with van der Waals surface area (Å²) in [4.78, 5) is 45.7. The van der Waals surface area contributed by atoms with Gasteiger partial charge in [-0.05, 0) is 56.5 Å². The fourth-order valence-corrected chi connectivity index (χ4v) is 5.62. The highest BCUT2D eigenvalue weighted by Crippen LogP contribution is 2.49. The fourth-order valence-electron chi connectivity index (χ4n) is 5.62. The van der Waals surface area contributed by atoms with E-state index in [2.05, 4.69) is 0 Å². The van der Waals surface area contributed by atoms with Crippen LogP contribution in [0.25, 0.3) is 0 Å². The third-order valence-electron chi connectivity index (χ3n) is 7.18. The largest absolute Gasteiger partial charge is 0.497 e. The minimum atomic E-state index is -1.09. The smallest absolute Gasteiger partial charge is 0.336 e. The van der Waals surface area contributed by atoms with Crippen molar-refractivity contribution in [2.75, 3.05) is 27.4 Å². The zero-order chi connectivity index (χ0) is 27.4. The number of nitrogens with zero attached hydrogens (tertiary/aromatic N) is 1. The van der Waals surface area contributed by atoms with E-state index in [0.29, 0.717) is 40.5 Å². The summed E-state index contributed by atoms with van der Waals surface area (Å²) in [6.45, 7) is 5.51. The molecule has 1 heterocycles. The predicted octanol–water partition coefficient (Wildman–Crippen LogP) is 4.63. The predicted molar refractivity (Wildman–Crippen MR) is 141 cm³/mol. The Balaban J connectivity index is 1.92. The van der Waals surface area contributed by atoms with Crippen LogP contribution in [0.3, 0.4) is 0 Å². The molecule has 0 N–H and O–H groups in total. The van der Waals surface area contributed by atoms with E-state index in [4.69, 9.17) is 23.9 Å². The first kappa shape index (κ1) is 27.1. The molecular weight excluding hydrogens is 486 g/mol. The molecule has 1 saturated carbocycles. The first-order valence-electron chi connectivity index (χ1n) is 12.8. The maximum absolute atomic E-state index is 14.4. The quantitative estimate of drug-likeness (QED) is 0.370.